The second-order valence-corrected chi connectivity index (χ2v) is 14.3. The van der Waals surface area contributed by atoms with Gasteiger partial charge in [0.05, 0.1) is 45.5 Å². The van der Waals surface area contributed by atoms with Crippen LogP contribution in [0.2, 0.25) is 0 Å². The number of rotatable bonds is 20. The topological polar surface area (TPSA) is 36.9 Å². The van der Waals surface area contributed by atoms with Crippen molar-refractivity contribution in [1.82, 2.24) is 0 Å². The highest BCUT2D eigenvalue weighted by Crippen LogP contribution is 2.26. The summed E-state index contributed by atoms with van der Waals surface area (Å²) in [6.45, 7) is 11.7. The molecule has 3 aromatic carbocycles. The standard InChI is InChI=1S/C34H50O4Si2/c1-5-9-23-35-29-15-13-17-31(33(29)37-25-11-7-3)39-27-19-21-28(22-20-27)40-32-18-14-16-30(36-24-10-6-2)34(32)38-26-12-8-4/h13-22H,5-12,23-26,39-40H2,1-4H3. The van der Waals surface area contributed by atoms with Gasteiger partial charge in [-0.3, -0.25) is 0 Å². The number of benzene rings is 3. The van der Waals surface area contributed by atoms with Crippen LogP contribution in [-0.4, -0.2) is 45.5 Å². The largest absolute Gasteiger partial charge is 0.490 e. The predicted octanol–water partition coefficient (Wildman–Crippen LogP) is 4.64. The molecular formula is C34H50O4Si2. The Morgan fingerprint density at radius 2 is 0.800 bits per heavy atom. The highest BCUT2D eigenvalue weighted by molar-refractivity contribution is 6.70. The minimum absolute atomic E-state index is 0.708. The zero-order valence-electron chi connectivity index (χ0n) is 25.3. The van der Waals surface area contributed by atoms with Crippen LogP contribution in [-0.2, 0) is 0 Å². The fourth-order valence-electron chi connectivity index (χ4n) is 4.46. The van der Waals surface area contributed by atoms with Crippen LogP contribution in [0.1, 0.15) is 79.1 Å². The van der Waals surface area contributed by atoms with E-state index in [0.717, 1.165) is 101 Å². The highest BCUT2D eigenvalue weighted by atomic mass is 28.2. The van der Waals surface area contributed by atoms with E-state index in [9.17, 15) is 0 Å². The average Bonchev–Trinajstić information content (AvgIpc) is 2.97. The Hall–Kier alpha value is -2.71. The lowest BCUT2D eigenvalue weighted by molar-refractivity contribution is 0.263. The lowest BCUT2D eigenvalue weighted by atomic mass is 10.3. The summed E-state index contributed by atoms with van der Waals surface area (Å²) in [6, 6.07) is 22.1. The molecule has 6 heteroatoms. The summed E-state index contributed by atoms with van der Waals surface area (Å²) >= 11 is 0. The van der Waals surface area contributed by atoms with Gasteiger partial charge in [0.15, 0.2) is 23.0 Å². The summed E-state index contributed by atoms with van der Waals surface area (Å²) in [7, 11) is -1.42. The number of hydrogen-bond acceptors (Lipinski definition) is 4. The summed E-state index contributed by atoms with van der Waals surface area (Å²) in [5.41, 5.74) is 0. The first kappa shape index (κ1) is 31.8. The van der Waals surface area contributed by atoms with Crippen molar-refractivity contribution in [3.05, 3.63) is 60.7 Å². The maximum Gasteiger partial charge on any atom is 0.161 e. The summed E-state index contributed by atoms with van der Waals surface area (Å²) in [5.74, 6) is 3.72. The summed E-state index contributed by atoms with van der Waals surface area (Å²) in [5, 5.41) is 5.47. The van der Waals surface area contributed by atoms with E-state index in [1.807, 2.05) is 0 Å². The summed E-state index contributed by atoms with van der Waals surface area (Å²) < 4.78 is 24.9. The number of ether oxygens (including phenoxy) is 4. The van der Waals surface area contributed by atoms with Crippen LogP contribution in [0.3, 0.4) is 0 Å². The van der Waals surface area contributed by atoms with E-state index in [0.29, 0.717) is 0 Å². The normalized spacial score (nSPS) is 11.5. The lowest BCUT2D eigenvalue weighted by Gasteiger charge is -2.17. The SMILES string of the molecule is CCCCOc1cccc([SiH2]c2ccc([SiH2]c3cccc(OCCCC)c3OCCCC)cc2)c1OCCCC. The molecule has 218 valence electrons. The van der Waals surface area contributed by atoms with Crippen LogP contribution in [0.15, 0.2) is 60.7 Å². The molecule has 0 aliphatic carbocycles. The summed E-state index contributed by atoms with van der Waals surface area (Å²) in [6.07, 6.45) is 8.71. The molecule has 0 spiro atoms. The van der Waals surface area contributed by atoms with Crippen molar-refractivity contribution in [2.24, 2.45) is 0 Å². The molecule has 40 heavy (non-hydrogen) atoms. The van der Waals surface area contributed by atoms with E-state index in [-0.39, 0.29) is 0 Å². The van der Waals surface area contributed by atoms with Crippen molar-refractivity contribution in [2.45, 2.75) is 79.1 Å². The second kappa shape index (κ2) is 18.6. The molecule has 0 amide bonds. The van der Waals surface area contributed by atoms with Crippen LogP contribution in [0.4, 0.5) is 0 Å². The van der Waals surface area contributed by atoms with Crippen molar-refractivity contribution >= 4 is 39.8 Å². The zero-order valence-corrected chi connectivity index (χ0v) is 28.1. The van der Waals surface area contributed by atoms with Crippen molar-refractivity contribution in [1.29, 1.82) is 0 Å². The predicted molar refractivity (Wildman–Crippen MR) is 177 cm³/mol. The van der Waals surface area contributed by atoms with Gasteiger partial charge in [0.2, 0.25) is 0 Å². The zero-order chi connectivity index (χ0) is 28.4. The molecule has 0 bridgehead atoms. The summed E-state index contributed by atoms with van der Waals surface area (Å²) in [4.78, 5) is 0. The van der Waals surface area contributed by atoms with Gasteiger partial charge in [-0.2, -0.15) is 0 Å². The molecule has 0 atom stereocenters. The van der Waals surface area contributed by atoms with Crippen LogP contribution >= 0.6 is 0 Å². The Labute approximate surface area is 247 Å². The van der Waals surface area contributed by atoms with Crippen LogP contribution in [0.25, 0.3) is 0 Å². The van der Waals surface area contributed by atoms with E-state index < -0.39 is 19.0 Å². The third kappa shape index (κ3) is 10.4. The maximum atomic E-state index is 6.30. The molecule has 0 aliphatic heterocycles. The Morgan fingerprint density at radius 3 is 1.15 bits per heavy atom. The van der Waals surface area contributed by atoms with Gasteiger partial charge in [0.25, 0.3) is 0 Å². The van der Waals surface area contributed by atoms with Gasteiger partial charge in [-0.1, -0.05) is 112 Å². The van der Waals surface area contributed by atoms with Gasteiger partial charge in [0, 0.05) is 0 Å². The third-order valence-corrected chi connectivity index (χ3v) is 10.6. The average molecular weight is 579 g/mol. The number of hydrogen-bond donors (Lipinski definition) is 0. The third-order valence-electron chi connectivity index (χ3n) is 6.93. The Bertz CT molecular complexity index is 1030. The van der Waals surface area contributed by atoms with E-state index in [4.69, 9.17) is 18.9 Å². The minimum atomic E-state index is -0.708. The molecule has 0 N–H and O–H groups in total. The molecule has 3 rings (SSSR count). The molecule has 0 aliphatic rings. The van der Waals surface area contributed by atoms with Crippen molar-refractivity contribution < 1.29 is 18.9 Å². The molecule has 0 saturated heterocycles. The maximum absolute atomic E-state index is 6.30. The first-order valence-electron chi connectivity index (χ1n) is 15.5. The van der Waals surface area contributed by atoms with Crippen molar-refractivity contribution in [3.8, 4) is 23.0 Å². The molecule has 0 aromatic heterocycles. The lowest BCUT2D eigenvalue weighted by Crippen LogP contribution is -2.33. The molecule has 0 unspecified atom stereocenters. The number of unbranched alkanes of at least 4 members (excludes halogenated alkanes) is 4. The van der Waals surface area contributed by atoms with Crippen LogP contribution in [0, 0.1) is 0 Å². The van der Waals surface area contributed by atoms with E-state index in [1.165, 1.54) is 20.7 Å². The van der Waals surface area contributed by atoms with Crippen molar-refractivity contribution in [3.63, 3.8) is 0 Å². The van der Waals surface area contributed by atoms with Crippen LogP contribution in [0.5, 0.6) is 23.0 Å². The van der Waals surface area contributed by atoms with Crippen molar-refractivity contribution in [2.75, 3.05) is 26.4 Å². The molecular weight excluding hydrogens is 529 g/mol. The fraction of sp³-hybridized carbons (Fsp3) is 0.471. The molecule has 0 heterocycles. The monoisotopic (exact) mass is 578 g/mol. The first-order valence-corrected chi connectivity index (χ1v) is 18.4. The van der Waals surface area contributed by atoms with Gasteiger partial charge in [-0.05, 0) is 48.2 Å². The Balaban J connectivity index is 1.75. The highest BCUT2D eigenvalue weighted by Gasteiger charge is 2.15. The van der Waals surface area contributed by atoms with Gasteiger partial charge in [-0.25, -0.2) is 0 Å². The Kier molecular flexibility index (Phi) is 14.8. The molecule has 0 fully saturated rings. The van der Waals surface area contributed by atoms with Gasteiger partial charge in [0.1, 0.15) is 0 Å². The van der Waals surface area contributed by atoms with Gasteiger partial charge >= 0.3 is 0 Å². The minimum Gasteiger partial charge on any atom is -0.490 e. The number of para-hydroxylation sites is 2. The van der Waals surface area contributed by atoms with Gasteiger partial charge < -0.3 is 18.9 Å². The smallest absolute Gasteiger partial charge is 0.161 e. The molecule has 4 nitrogen and oxygen atoms in total. The molecule has 3 aromatic rings. The van der Waals surface area contributed by atoms with Gasteiger partial charge in [-0.15, -0.1) is 0 Å². The Morgan fingerprint density at radius 1 is 0.450 bits per heavy atom. The van der Waals surface area contributed by atoms with E-state index >= 15 is 0 Å². The van der Waals surface area contributed by atoms with E-state index in [2.05, 4.69) is 88.4 Å². The molecule has 0 radical (unpaired) electrons. The quantitative estimate of drug-likeness (QED) is 0.145. The van der Waals surface area contributed by atoms with E-state index in [1.54, 1.807) is 0 Å². The second-order valence-electron chi connectivity index (χ2n) is 10.5. The first-order chi connectivity index (χ1) is 19.7. The molecule has 0 saturated carbocycles. The fourth-order valence-corrected chi connectivity index (χ4v) is 7.66. The van der Waals surface area contributed by atoms with Crippen LogP contribution < -0.4 is 39.7 Å².